The van der Waals surface area contributed by atoms with Crippen LogP contribution in [0.1, 0.15) is 12.7 Å². The van der Waals surface area contributed by atoms with Crippen molar-refractivity contribution in [3.63, 3.8) is 0 Å². The summed E-state index contributed by atoms with van der Waals surface area (Å²) in [4.78, 5) is 15.5. The number of rotatable bonds is 6. The Bertz CT molecular complexity index is 689. The zero-order chi connectivity index (χ0) is 16.1. The molecule has 0 saturated heterocycles. The van der Waals surface area contributed by atoms with E-state index in [9.17, 15) is 9.90 Å². The van der Waals surface area contributed by atoms with E-state index in [1.165, 1.54) is 18.8 Å². The van der Waals surface area contributed by atoms with E-state index in [1.54, 1.807) is 18.2 Å². The molecule has 2 aromatic rings. The van der Waals surface area contributed by atoms with Gasteiger partial charge in [0.1, 0.15) is 29.6 Å². The molecular formula is C15H18N2O5. The zero-order valence-electron chi connectivity index (χ0n) is 12.7. The van der Waals surface area contributed by atoms with Crippen molar-refractivity contribution in [2.24, 2.45) is 0 Å². The Balaban J connectivity index is 2.73. The van der Waals surface area contributed by atoms with Gasteiger partial charge in [-0.15, -0.1) is 0 Å². The van der Waals surface area contributed by atoms with Crippen LogP contribution in [0.5, 0.6) is 17.4 Å². The van der Waals surface area contributed by atoms with Crippen molar-refractivity contribution < 1.29 is 19.3 Å². The topological polar surface area (TPSA) is 82.8 Å². The number of hydrogen-bond acceptors (Lipinski definition) is 6. The Morgan fingerprint density at radius 2 is 1.86 bits per heavy atom. The van der Waals surface area contributed by atoms with Crippen molar-refractivity contribution in [2.75, 3.05) is 20.8 Å². The fraction of sp³-hybridized carbons (Fsp3) is 0.333. The largest absolute Gasteiger partial charge is 0.494 e. The van der Waals surface area contributed by atoms with Gasteiger partial charge in [0.15, 0.2) is 0 Å². The highest BCUT2D eigenvalue weighted by Gasteiger charge is 2.19. The Morgan fingerprint density at radius 3 is 2.41 bits per heavy atom. The number of nitrogens with zero attached hydrogens (tertiary/aromatic N) is 2. The molecule has 0 bridgehead atoms. The highest BCUT2D eigenvalue weighted by Crippen LogP contribution is 2.35. The number of benzene rings is 1. The predicted octanol–water partition coefficient (Wildman–Crippen LogP) is 1.49. The highest BCUT2D eigenvalue weighted by atomic mass is 16.5. The molecule has 1 aromatic heterocycles. The molecule has 22 heavy (non-hydrogen) atoms. The third-order valence-electron chi connectivity index (χ3n) is 3.04. The Hall–Kier alpha value is -2.54. The molecule has 0 unspecified atom stereocenters. The molecule has 1 aromatic carbocycles. The van der Waals surface area contributed by atoms with Gasteiger partial charge in [-0.3, -0.25) is 9.36 Å². The normalized spacial score (nSPS) is 10.5. The summed E-state index contributed by atoms with van der Waals surface area (Å²) in [5.41, 5.74) is -0.0930. The van der Waals surface area contributed by atoms with E-state index in [0.717, 1.165) is 6.07 Å². The van der Waals surface area contributed by atoms with Crippen LogP contribution >= 0.6 is 0 Å². The van der Waals surface area contributed by atoms with Crippen LogP contribution in [0.15, 0.2) is 29.1 Å². The van der Waals surface area contributed by atoms with Crippen molar-refractivity contribution in [1.29, 1.82) is 0 Å². The van der Waals surface area contributed by atoms with Gasteiger partial charge in [-0.25, -0.2) is 0 Å². The van der Waals surface area contributed by atoms with Gasteiger partial charge in [0, 0.05) is 6.61 Å². The molecule has 0 saturated carbocycles. The van der Waals surface area contributed by atoms with Crippen molar-refractivity contribution in [2.45, 2.75) is 13.5 Å². The van der Waals surface area contributed by atoms with Crippen LogP contribution in [0.2, 0.25) is 0 Å². The van der Waals surface area contributed by atoms with E-state index < -0.39 is 5.56 Å². The van der Waals surface area contributed by atoms with E-state index in [1.807, 2.05) is 6.92 Å². The average molecular weight is 306 g/mol. The molecule has 7 heteroatoms. The fourth-order valence-electron chi connectivity index (χ4n) is 2.10. The fourth-order valence-corrected chi connectivity index (χ4v) is 2.10. The third kappa shape index (κ3) is 3.04. The molecule has 118 valence electrons. The first kappa shape index (κ1) is 15.8. The van der Waals surface area contributed by atoms with Crippen LogP contribution < -0.4 is 15.0 Å². The SMILES string of the molecule is CCOCc1nc(=O)cc(O)n1-c1c(OC)cccc1OC. The van der Waals surface area contributed by atoms with Crippen LogP contribution in [-0.4, -0.2) is 35.5 Å². The second-order valence-corrected chi connectivity index (χ2v) is 4.35. The number of hydrogen-bond donors (Lipinski definition) is 1. The molecular weight excluding hydrogens is 288 g/mol. The summed E-state index contributed by atoms with van der Waals surface area (Å²) < 4.78 is 17.4. The van der Waals surface area contributed by atoms with Gasteiger partial charge < -0.3 is 19.3 Å². The molecule has 0 spiro atoms. The molecule has 0 aliphatic carbocycles. The summed E-state index contributed by atoms with van der Waals surface area (Å²) in [6, 6.07) is 6.23. The maximum Gasteiger partial charge on any atom is 0.276 e. The van der Waals surface area contributed by atoms with Gasteiger partial charge in [0.2, 0.25) is 5.88 Å². The monoisotopic (exact) mass is 306 g/mol. The van der Waals surface area contributed by atoms with Crippen molar-refractivity contribution in [3.05, 3.63) is 40.4 Å². The summed E-state index contributed by atoms with van der Waals surface area (Å²) in [7, 11) is 3.01. The lowest BCUT2D eigenvalue weighted by Crippen LogP contribution is -2.18. The van der Waals surface area contributed by atoms with E-state index >= 15 is 0 Å². The summed E-state index contributed by atoms with van der Waals surface area (Å²) >= 11 is 0. The van der Waals surface area contributed by atoms with Crippen molar-refractivity contribution in [1.82, 2.24) is 9.55 Å². The summed E-state index contributed by atoms with van der Waals surface area (Å²) in [5.74, 6) is 0.933. The van der Waals surface area contributed by atoms with Gasteiger partial charge >= 0.3 is 0 Å². The maximum absolute atomic E-state index is 11.6. The number of methoxy groups -OCH3 is 2. The van der Waals surface area contributed by atoms with Crippen molar-refractivity contribution >= 4 is 0 Å². The second kappa shape index (κ2) is 6.95. The number of aromatic hydroxyl groups is 1. The summed E-state index contributed by atoms with van der Waals surface area (Å²) in [5, 5.41) is 10.2. The lowest BCUT2D eigenvalue weighted by molar-refractivity contribution is 0.125. The quantitative estimate of drug-likeness (QED) is 0.870. The van der Waals surface area contributed by atoms with Crippen LogP contribution in [0.3, 0.4) is 0 Å². The molecule has 1 heterocycles. The molecule has 0 radical (unpaired) electrons. The highest BCUT2D eigenvalue weighted by molar-refractivity contribution is 5.59. The lowest BCUT2D eigenvalue weighted by Gasteiger charge is -2.19. The minimum absolute atomic E-state index is 0.0708. The smallest absolute Gasteiger partial charge is 0.276 e. The van der Waals surface area contributed by atoms with Crippen LogP contribution in [-0.2, 0) is 11.3 Å². The number of ether oxygens (including phenoxy) is 3. The first-order valence-corrected chi connectivity index (χ1v) is 6.73. The molecule has 1 N–H and O–H groups in total. The maximum atomic E-state index is 11.6. The van der Waals surface area contributed by atoms with Gasteiger partial charge in [0.05, 0.1) is 20.3 Å². The van der Waals surface area contributed by atoms with Gasteiger partial charge in [0.25, 0.3) is 5.56 Å². The Kier molecular flexibility index (Phi) is 5.00. The van der Waals surface area contributed by atoms with Crippen LogP contribution in [0, 0.1) is 0 Å². The number of para-hydroxylation sites is 1. The zero-order valence-corrected chi connectivity index (χ0v) is 12.7. The number of aromatic nitrogens is 2. The van der Waals surface area contributed by atoms with E-state index in [4.69, 9.17) is 14.2 Å². The molecule has 0 atom stereocenters. The van der Waals surface area contributed by atoms with E-state index in [0.29, 0.717) is 23.8 Å². The third-order valence-corrected chi connectivity index (χ3v) is 3.04. The Labute approximate surface area is 127 Å². The molecule has 0 aliphatic rings. The summed E-state index contributed by atoms with van der Waals surface area (Å²) in [6.07, 6.45) is 0. The predicted molar refractivity (Wildman–Crippen MR) is 79.9 cm³/mol. The van der Waals surface area contributed by atoms with Gasteiger partial charge in [-0.05, 0) is 19.1 Å². The van der Waals surface area contributed by atoms with Crippen molar-refractivity contribution in [3.8, 4) is 23.1 Å². The molecule has 0 fully saturated rings. The van der Waals surface area contributed by atoms with E-state index in [-0.39, 0.29) is 18.3 Å². The molecule has 7 nitrogen and oxygen atoms in total. The Morgan fingerprint density at radius 1 is 1.23 bits per heavy atom. The molecule has 2 rings (SSSR count). The van der Waals surface area contributed by atoms with Crippen LogP contribution in [0.4, 0.5) is 0 Å². The van der Waals surface area contributed by atoms with Gasteiger partial charge in [-0.1, -0.05) is 6.07 Å². The summed E-state index contributed by atoms with van der Waals surface area (Å²) in [6.45, 7) is 2.35. The molecule has 0 aliphatic heterocycles. The van der Waals surface area contributed by atoms with Gasteiger partial charge in [-0.2, -0.15) is 4.98 Å². The lowest BCUT2D eigenvalue weighted by atomic mass is 10.2. The standard InChI is InChI=1S/C15H18N2O5/c1-4-22-9-12-16-13(18)8-14(19)17(12)15-10(20-2)6-5-7-11(15)21-3/h5-8,19H,4,9H2,1-3H3. The second-order valence-electron chi connectivity index (χ2n) is 4.35. The average Bonchev–Trinajstić information content (AvgIpc) is 2.51. The minimum Gasteiger partial charge on any atom is -0.494 e. The van der Waals surface area contributed by atoms with E-state index in [2.05, 4.69) is 4.98 Å². The first-order valence-electron chi connectivity index (χ1n) is 6.73. The molecule has 0 amide bonds. The first-order chi connectivity index (χ1) is 10.6. The minimum atomic E-state index is -0.544. The van der Waals surface area contributed by atoms with Crippen LogP contribution in [0.25, 0.3) is 5.69 Å².